The molecule has 0 aliphatic rings. The minimum atomic E-state index is -0.273. The topological polar surface area (TPSA) is 92.9 Å². The number of aromatic nitrogens is 3. The Morgan fingerprint density at radius 2 is 2.32 bits per heavy atom. The van der Waals surface area contributed by atoms with Crippen LogP contribution in [0.1, 0.15) is 29.7 Å². The molecule has 2 aromatic heterocycles. The molecule has 2 rings (SSSR count). The quantitative estimate of drug-likeness (QED) is 0.812. The van der Waals surface area contributed by atoms with E-state index in [9.17, 15) is 4.79 Å². The molecule has 0 saturated carbocycles. The Bertz CT molecular complexity index is 527. The molecule has 0 saturated heterocycles. The lowest BCUT2D eigenvalue weighted by Gasteiger charge is -2.06. The Morgan fingerprint density at radius 1 is 1.42 bits per heavy atom. The highest BCUT2D eigenvalue weighted by atomic mass is 16.5. The van der Waals surface area contributed by atoms with Gasteiger partial charge < -0.3 is 15.2 Å². The van der Waals surface area contributed by atoms with Crippen LogP contribution in [0.25, 0.3) is 0 Å². The van der Waals surface area contributed by atoms with Crippen molar-refractivity contribution in [2.24, 2.45) is 0 Å². The number of hydrogen-bond donors (Lipinski definition) is 2. The van der Waals surface area contributed by atoms with Crippen molar-refractivity contribution in [3.05, 3.63) is 36.1 Å². The lowest BCUT2D eigenvalue weighted by molar-refractivity contribution is 0.0945. The van der Waals surface area contributed by atoms with E-state index in [1.165, 1.54) is 6.39 Å². The van der Waals surface area contributed by atoms with Crippen LogP contribution in [0, 0.1) is 0 Å². The van der Waals surface area contributed by atoms with E-state index in [2.05, 4.69) is 37.2 Å². The molecule has 19 heavy (non-hydrogen) atoms. The molecule has 0 bridgehead atoms. The highest BCUT2D eigenvalue weighted by molar-refractivity contribution is 5.92. The van der Waals surface area contributed by atoms with Crippen molar-refractivity contribution in [1.29, 1.82) is 0 Å². The number of pyridine rings is 1. The van der Waals surface area contributed by atoms with Crippen LogP contribution >= 0.6 is 0 Å². The van der Waals surface area contributed by atoms with Gasteiger partial charge in [0.1, 0.15) is 11.5 Å². The molecule has 2 aromatic rings. The summed E-state index contributed by atoms with van der Waals surface area (Å²) in [4.78, 5) is 19.9. The van der Waals surface area contributed by atoms with Gasteiger partial charge in [0.25, 0.3) is 5.91 Å². The summed E-state index contributed by atoms with van der Waals surface area (Å²) in [6.07, 6.45) is 2.21. The van der Waals surface area contributed by atoms with Gasteiger partial charge in [-0.2, -0.15) is 4.98 Å². The zero-order valence-electron chi connectivity index (χ0n) is 10.6. The van der Waals surface area contributed by atoms with E-state index in [0.717, 1.165) is 13.0 Å². The monoisotopic (exact) mass is 261 g/mol. The number of nitrogens with one attached hydrogen (secondary N) is 2. The van der Waals surface area contributed by atoms with Gasteiger partial charge >= 0.3 is 0 Å². The molecule has 0 atom stereocenters. The first kappa shape index (κ1) is 13.0. The molecule has 0 unspecified atom stereocenters. The van der Waals surface area contributed by atoms with Gasteiger partial charge in [-0.25, -0.2) is 4.98 Å². The number of carbonyl (C=O) groups excluding carboxylic acids is 1. The summed E-state index contributed by atoms with van der Waals surface area (Å²) in [5, 5.41) is 9.41. The molecule has 2 heterocycles. The number of hydrogen-bond acceptors (Lipinski definition) is 6. The third-order valence-electron chi connectivity index (χ3n) is 2.35. The van der Waals surface area contributed by atoms with Crippen LogP contribution in [0.5, 0.6) is 0 Å². The maximum absolute atomic E-state index is 11.9. The Kier molecular flexibility index (Phi) is 4.44. The summed E-state index contributed by atoms with van der Waals surface area (Å²) >= 11 is 0. The van der Waals surface area contributed by atoms with Gasteiger partial charge in [0, 0.05) is 6.54 Å². The molecule has 7 heteroatoms. The molecule has 0 aromatic carbocycles. The van der Waals surface area contributed by atoms with E-state index < -0.39 is 0 Å². The average Bonchev–Trinajstić information content (AvgIpc) is 2.96. The van der Waals surface area contributed by atoms with Crippen molar-refractivity contribution in [2.75, 3.05) is 11.9 Å². The Balaban J connectivity index is 1.94. The van der Waals surface area contributed by atoms with Gasteiger partial charge in [0.05, 0.1) is 6.54 Å². The second-order valence-electron chi connectivity index (χ2n) is 3.86. The van der Waals surface area contributed by atoms with Crippen molar-refractivity contribution < 1.29 is 9.32 Å². The summed E-state index contributed by atoms with van der Waals surface area (Å²) in [6.45, 7) is 3.10. The maximum Gasteiger partial charge on any atom is 0.270 e. The van der Waals surface area contributed by atoms with E-state index in [4.69, 9.17) is 0 Å². The predicted octanol–water partition coefficient (Wildman–Crippen LogP) is 1.22. The molecule has 0 fully saturated rings. The van der Waals surface area contributed by atoms with E-state index in [1.54, 1.807) is 12.1 Å². The zero-order valence-corrected chi connectivity index (χ0v) is 10.6. The van der Waals surface area contributed by atoms with Crippen LogP contribution in [0.15, 0.2) is 29.1 Å². The maximum atomic E-state index is 11.9. The summed E-state index contributed by atoms with van der Waals surface area (Å²) in [5.74, 6) is 0.840. The lowest BCUT2D eigenvalue weighted by atomic mass is 10.3. The van der Waals surface area contributed by atoms with Gasteiger partial charge in [-0.05, 0) is 18.6 Å². The number of carbonyl (C=O) groups is 1. The molecule has 0 radical (unpaired) electrons. The molecule has 0 aliphatic carbocycles. The van der Waals surface area contributed by atoms with Crippen LogP contribution in [0.4, 0.5) is 5.82 Å². The van der Waals surface area contributed by atoms with E-state index in [0.29, 0.717) is 17.3 Å². The fraction of sp³-hybridized carbons (Fsp3) is 0.333. The lowest BCUT2D eigenvalue weighted by Crippen LogP contribution is -2.24. The zero-order chi connectivity index (χ0) is 13.5. The molecule has 0 spiro atoms. The summed E-state index contributed by atoms with van der Waals surface area (Å²) < 4.78 is 4.58. The third kappa shape index (κ3) is 3.77. The fourth-order valence-corrected chi connectivity index (χ4v) is 1.43. The van der Waals surface area contributed by atoms with E-state index in [-0.39, 0.29) is 12.5 Å². The molecular formula is C12H15N5O2. The smallest absolute Gasteiger partial charge is 0.270 e. The van der Waals surface area contributed by atoms with Gasteiger partial charge in [-0.1, -0.05) is 18.1 Å². The van der Waals surface area contributed by atoms with Crippen LogP contribution in [0.3, 0.4) is 0 Å². The van der Waals surface area contributed by atoms with Gasteiger partial charge in [0.15, 0.2) is 5.82 Å². The molecule has 100 valence electrons. The Hall–Kier alpha value is -2.44. The van der Waals surface area contributed by atoms with Crippen molar-refractivity contribution in [3.8, 4) is 0 Å². The van der Waals surface area contributed by atoms with E-state index >= 15 is 0 Å². The highest BCUT2D eigenvalue weighted by Gasteiger charge is 2.08. The average molecular weight is 261 g/mol. The van der Waals surface area contributed by atoms with Crippen molar-refractivity contribution in [3.63, 3.8) is 0 Å². The second-order valence-corrected chi connectivity index (χ2v) is 3.86. The Labute approximate surface area is 110 Å². The van der Waals surface area contributed by atoms with Gasteiger partial charge in [-0.3, -0.25) is 4.79 Å². The van der Waals surface area contributed by atoms with Crippen molar-refractivity contribution in [2.45, 2.75) is 19.9 Å². The Morgan fingerprint density at radius 3 is 3.05 bits per heavy atom. The molecule has 2 N–H and O–H groups in total. The standard InChI is InChI=1S/C12H15N5O2/c1-2-6-13-10-5-3-4-9(16-10)12(18)14-7-11-15-8-19-17-11/h3-5,8H,2,6-7H2,1H3,(H,13,16)(H,14,18). The third-order valence-corrected chi connectivity index (χ3v) is 2.35. The molecule has 1 amide bonds. The fourth-order valence-electron chi connectivity index (χ4n) is 1.43. The largest absolute Gasteiger partial charge is 0.370 e. The van der Waals surface area contributed by atoms with Gasteiger partial charge in [-0.15, -0.1) is 0 Å². The van der Waals surface area contributed by atoms with Gasteiger partial charge in [0.2, 0.25) is 6.39 Å². The van der Waals surface area contributed by atoms with E-state index in [1.807, 2.05) is 6.07 Å². The first-order chi connectivity index (χ1) is 9.29. The predicted molar refractivity (Wildman–Crippen MR) is 68.5 cm³/mol. The minimum Gasteiger partial charge on any atom is -0.370 e. The van der Waals surface area contributed by atoms with Crippen LogP contribution in [0.2, 0.25) is 0 Å². The minimum absolute atomic E-state index is 0.212. The SMILES string of the molecule is CCCNc1cccc(C(=O)NCc2ncon2)n1. The normalized spacial score (nSPS) is 10.2. The van der Waals surface area contributed by atoms with Crippen LogP contribution < -0.4 is 10.6 Å². The first-order valence-electron chi connectivity index (χ1n) is 6.04. The number of anilines is 1. The second kappa shape index (κ2) is 6.48. The summed E-state index contributed by atoms with van der Waals surface area (Å²) in [7, 11) is 0. The summed E-state index contributed by atoms with van der Waals surface area (Å²) in [6, 6.07) is 5.27. The molecular weight excluding hydrogens is 246 g/mol. The van der Waals surface area contributed by atoms with Crippen LogP contribution in [-0.4, -0.2) is 27.6 Å². The number of amides is 1. The number of rotatable bonds is 6. The highest BCUT2D eigenvalue weighted by Crippen LogP contribution is 2.05. The number of nitrogens with zero attached hydrogens (tertiary/aromatic N) is 3. The van der Waals surface area contributed by atoms with Crippen molar-refractivity contribution in [1.82, 2.24) is 20.4 Å². The summed E-state index contributed by atoms with van der Waals surface area (Å²) in [5.41, 5.74) is 0.351. The molecule has 7 nitrogen and oxygen atoms in total. The first-order valence-corrected chi connectivity index (χ1v) is 6.04. The van der Waals surface area contributed by atoms with Crippen molar-refractivity contribution >= 4 is 11.7 Å². The van der Waals surface area contributed by atoms with Crippen LogP contribution in [-0.2, 0) is 6.54 Å². The molecule has 0 aliphatic heterocycles.